The second kappa shape index (κ2) is 6.99. The highest BCUT2D eigenvalue weighted by Crippen LogP contribution is 2.43. The molecule has 6 heteroatoms. The number of methoxy groups -OCH3 is 3. The molecule has 0 unspecified atom stereocenters. The zero-order valence-electron chi connectivity index (χ0n) is 15.3. The van der Waals surface area contributed by atoms with E-state index in [1.165, 1.54) is 0 Å². The van der Waals surface area contributed by atoms with E-state index in [4.69, 9.17) is 14.2 Å². The highest BCUT2D eigenvalue weighted by Gasteiger charge is 2.19. The van der Waals surface area contributed by atoms with Crippen LogP contribution in [0, 0.1) is 0 Å². The molecule has 1 N–H and O–H groups in total. The van der Waals surface area contributed by atoms with Gasteiger partial charge in [-0.3, -0.25) is 10.1 Å². The van der Waals surface area contributed by atoms with Crippen molar-refractivity contribution in [2.75, 3.05) is 21.3 Å². The quantitative estimate of drug-likeness (QED) is 0.573. The first-order valence-electron chi connectivity index (χ1n) is 8.45. The molecule has 4 aromatic rings. The maximum Gasteiger partial charge on any atom is 0.203 e. The van der Waals surface area contributed by atoms with Crippen LogP contribution in [0.4, 0.5) is 0 Å². The van der Waals surface area contributed by atoms with Gasteiger partial charge in [-0.1, -0.05) is 30.3 Å². The lowest BCUT2D eigenvalue weighted by molar-refractivity contribution is 0.324. The van der Waals surface area contributed by atoms with Gasteiger partial charge in [0, 0.05) is 17.3 Å². The molecule has 0 bridgehead atoms. The van der Waals surface area contributed by atoms with Crippen LogP contribution in [0.1, 0.15) is 0 Å². The summed E-state index contributed by atoms with van der Waals surface area (Å²) < 4.78 is 16.4. The zero-order valence-corrected chi connectivity index (χ0v) is 15.3. The van der Waals surface area contributed by atoms with Crippen molar-refractivity contribution >= 4 is 10.9 Å². The summed E-state index contributed by atoms with van der Waals surface area (Å²) in [4.78, 5) is 4.61. The molecule has 0 aliphatic heterocycles. The van der Waals surface area contributed by atoms with E-state index in [0.717, 1.165) is 33.4 Å². The van der Waals surface area contributed by atoms with Crippen molar-refractivity contribution in [3.63, 3.8) is 0 Å². The van der Waals surface area contributed by atoms with Crippen molar-refractivity contribution in [2.24, 2.45) is 0 Å². The lowest BCUT2D eigenvalue weighted by Gasteiger charge is -2.13. The minimum atomic E-state index is 0.546. The van der Waals surface area contributed by atoms with Gasteiger partial charge in [-0.15, -0.1) is 0 Å². The molecule has 2 aromatic heterocycles. The van der Waals surface area contributed by atoms with Crippen LogP contribution in [0.25, 0.3) is 33.4 Å². The van der Waals surface area contributed by atoms with Gasteiger partial charge in [0.1, 0.15) is 5.69 Å². The number of H-pyrrole nitrogens is 1. The van der Waals surface area contributed by atoms with E-state index in [0.29, 0.717) is 17.2 Å². The predicted molar refractivity (Wildman–Crippen MR) is 104 cm³/mol. The van der Waals surface area contributed by atoms with Crippen LogP contribution in [0.2, 0.25) is 0 Å². The van der Waals surface area contributed by atoms with Crippen LogP contribution in [-0.4, -0.2) is 36.5 Å². The third-order valence-electron chi connectivity index (χ3n) is 4.46. The summed E-state index contributed by atoms with van der Waals surface area (Å²) >= 11 is 0. The van der Waals surface area contributed by atoms with E-state index in [-0.39, 0.29) is 0 Å². The molecule has 2 aromatic carbocycles. The van der Waals surface area contributed by atoms with Gasteiger partial charge < -0.3 is 14.2 Å². The maximum atomic E-state index is 5.49. The largest absolute Gasteiger partial charge is 0.493 e. The first-order valence-corrected chi connectivity index (χ1v) is 8.45. The number of ether oxygens (including phenoxy) is 3. The van der Waals surface area contributed by atoms with E-state index in [1.54, 1.807) is 27.5 Å². The molecule has 0 atom stereocenters. The van der Waals surface area contributed by atoms with Gasteiger partial charge in [0.25, 0.3) is 0 Å². The van der Waals surface area contributed by atoms with E-state index in [2.05, 4.69) is 15.2 Å². The van der Waals surface area contributed by atoms with Crippen LogP contribution in [0.5, 0.6) is 17.2 Å². The number of benzene rings is 2. The van der Waals surface area contributed by atoms with E-state index in [9.17, 15) is 0 Å². The average Bonchev–Trinajstić information content (AvgIpc) is 3.17. The number of aromatic nitrogens is 3. The molecule has 0 aliphatic rings. The highest BCUT2D eigenvalue weighted by molar-refractivity contribution is 6.02. The fourth-order valence-corrected chi connectivity index (χ4v) is 3.21. The van der Waals surface area contributed by atoms with E-state index in [1.807, 2.05) is 48.5 Å². The number of fused-ring (bicyclic) bond motifs is 1. The Morgan fingerprint density at radius 1 is 0.778 bits per heavy atom. The highest BCUT2D eigenvalue weighted by atomic mass is 16.5. The summed E-state index contributed by atoms with van der Waals surface area (Å²) in [6, 6.07) is 15.7. The Morgan fingerprint density at radius 3 is 2.11 bits per heavy atom. The van der Waals surface area contributed by atoms with Gasteiger partial charge >= 0.3 is 0 Å². The third-order valence-corrected chi connectivity index (χ3v) is 4.46. The zero-order chi connectivity index (χ0) is 18.8. The Morgan fingerprint density at radius 2 is 1.48 bits per heavy atom. The number of aromatic amines is 1. The molecule has 0 amide bonds. The first kappa shape index (κ1) is 16.9. The molecule has 27 heavy (non-hydrogen) atoms. The number of rotatable bonds is 5. The predicted octanol–water partition coefficient (Wildman–Crippen LogP) is 4.32. The van der Waals surface area contributed by atoms with Crippen LogP contribution < -0.4 is 14.2 Å². The molecule has 0 aliphatic carbocycles. The molecule has 0 saturated heterocycles. The van der Waals surface area contributed by atoms with Gasteiger partial charge in [-0.05, 0) is 18.2 Å². The number of nitrogens with zero attached hydrogens (tertiary/aromatic N) is 2. The maximum absolute atomic E-state index is 5.49. The molecule has 6 nitrogen and oxygen atoms in total. The summed E-state index contributed by atoms with van der Waals surface area (Å²) in [5.41, 5.74) is 4.42. The Bertz CT molecular complexity index is 1070. The Labute approximate surface area is 156 Å². The van der Waals surface area contributed by atoms with Crippen LogP contribution in [0.3, 0.4) is 0 Å². The van der Waals surface area contributed by atoms with E-state index < -0.39 is 0 Å². The van der Waals surface area contributed by atoms with Gasteiger partial charge in [-0.2, -0.15) is 5.10 Å². The SMILES string of the molecule is COc1cc(-c2n[nH]c3ccnc(-c4ccccc4)c23)cc(OC)c1OC. The summed E-state index contributed by atoms with van der Waals surface area (Å²) in [6.07, 6.45) is 1.78. The Balaban J connectivity index is 1.98. The number of pyridine rings is 1. The molecule has 0 fully saturated rings. The van der Waals surface area contributed by atoms with Crippen LogP contribution in [0.15, 0.2) is 54.7 Å². The van der Waals surface area contributed by atoms with Crippen LogP contribution >= 0.6 is 0 Å². The van der Waals surface area contributed by atoms with E-state index >= 15 is 0 Å². The summed E-state index contributed by atoms with van der Waals surface area (Å²) in [6.45, 7) is 0. The summed E-state index contributed by atoms with van der Waals surface area (Å²) in [5.74, 6) is 1.70. The Kier molecular flexibility index (Phi) is 4.38. The topological polar surface area (TPSA) is 69.3 Å². The molecule has 0 radical (unpaired) electrons. The molecule has 136 valence electrons. The second-order valence-electron chi connectivity index (χ2n) is 5.93. The standard InChI is InChI=1S/C21H19N3O3/c1-25-16-11-14(12-17(26-2)21(16)27-3)20-18-15(23-24-20)9-10-22-19(18)13-7-5-4-6-8-13/h4-12H,1-3H3,(H,23,24). The molecule has 0 saturated carbocycles. The van der Waals surface area contributed by atoms with Crippen molar-refractivity contribution < 1.29 is 14.2 Å². The van der Waals surface area contributed by atoms with Crippen molar-refractivity contribution in [3.8, 4) is 39.8 Å². The first-order chi connectivity index (χ1) is 13.3. The average molecular weight is 361 g/mol. The fourth-order valence-electron chi connectivity index (χ4n) is 3.21. The minimum absolute atomic E-state index is 0.546. The van der Waals surface area contributed by atoms with Crippen molar-refractivity contribution in [3.05, 3.63) is 54.7 Å². The molecule has 0 spiro atoms. The monoisotopic (exact) mass is 361 g/mol. The van der Waals surface area contributed by atoms with Gasteiger partial charge in [0.15, 0.2) is 11.5 Å². The smallest absolute Gasteiger partial charge is 0.203 e. The van der Waals surface area contributed by atoms with Crippen molar-refractivity contribution in [2.45, 2.75) is 0 Å². The number of hydrogen-bond acceptors (Lipinski definition) is 5. The van der Waals surface area contributed by atoms with Gasteiger partial charge in [0.05, 0.1) is 37.9 Å². The minimum Gasteiger partial charge on any atom is -0.493 e. The number of hydrogen-bond donors (Lipinski definition) is 1. The normalized spacial score (nSPS) is 10.8. The Hall–Kier alpha value is -3.54. The van der Waals surface area contributed by atoms with Crippen LogP contribution in [-0.2, 0) is 0 Å². The molecule has 2 heterocycles. The van der Waals surface area contributed by atoms with Crippen molar-refractivity contribution in [1.29, 1.82) is 0 Å². The summed E-state index contributed by atoms with van der Waals surface area (Å²) in [5, 5.41) is 8.58. The second-order valence-corrected chi connectivity index (χ2v) is 5.93. The lowest BCUT2D eigenvalue weighted by atomic mass is 10.0. The number of nitrogens with one attached hydrogen (secondary N) is 1. The lowest BCUT2D eigenvalue weighted by Crippen LogP contribution is -1.96. The molecular weight excluding hydrogens is 342 g/mol. The van der Waals surface area contributed by atoms with Gasteiger partial charge in [-0.25, -0.2) is 0 Å². The summed E-state index contributed by atoms with van der Waals surface area (Å²) in [7, 11) is 4.78. The van der Waals surface area contributed by atoms with Gasteiger partial charge in [0.2, 0.25) is 5.75 Å². The van der Waals surface area contributed by atoms with Crippen molar-refractivity contribution in [1.82, 2.24) is 15.2 Å². The molecule has 4 rings (SSSR count). The molecular formula is C21H19N3O3. The fraction of sp³-hybridized carbons (Fsp3) is 0.143. The third kappa shape index (κ3) is 2.85.